The minimum absolute atomic E-state index is 0.129. The van der Waals surface area contributed by atoms with Crippen LogP contribution in [0.3, 0.4) is 0 Å². The lowest BCUT2D eigenvalue weighted by Gasteiger charge is -2.29. The number of carbonyl (C=O) groups is 2. The second kappa shape index (κ2) is 7.83. The molecule has 2 aromatic carbocycles. The molecule has 0 saturated carbocycles. The Balaban J connectivity index is 1.64. The number of aryl methyl sites for hydroxylation is 1. The molecule has 5 nitrogen and oxygen atoms in total. The van der Waals surface area contributed by atoms with Crippen LogP contribution in [0.15, 0.2) is 48.5 Å². The van der Waals surface area contributed by atoms with Crippen molar-refractivity contribution >= 4 is 23.4 Å². The average molecular weight is 338 g/mol. The molecule has 2 amide bonds. The zero-order valence-electron chi connectivity index (χ0n) is 14.3. The molecule has 1 aliphatic heterocycles. The van der Waals surface area contributed by atoms with Crippen LogP contribution in [0.4, 0.5) is 16.2 Å². The Kier molecular flexibility index (Phi) is 5.33. The molecule has 1 N–H and O–H groups in total. The molecule has 2 aromatic rings. The summed E-state index contributed by atoms with van der Waals surface area (Å²) in [5, 5.41) is 2.76. The van der Waals surface area contributed by atoms with Crippen LogP contribution in [0.5, 0.6) is 0 Å². The fraction of sp³-hybridized carbons (Fsp3) is 0.300. The summed E-state index contributed by atoms with van der Waals surface area (Å²) in [4.78, 5) is 25.9. The molecule has 0 aromatic heterocycles. The van der Waals surface area contributed by atoms with Crippen LogP contribution in [0.2, 0.25) is 0 Å². The molecular formula is C20H22N2O3. The van der Waals surface area contributed by atoms with Gasteiger partial charge in [0.2, 0.25) is 5.91 Å². The molecule has 0 aliphatic carbocycles. The van der Waals surface area contributed by atoms with Gasteiger partial charge in [-0.3, -0.25) is 10.1 Å². The van der Waals surface area contributed by atoms with Gasteiger partial charge in [0.1, 0.15) is 6.61 Å². The Morgan fingerprint density at radius 3 is 2.72 bits per heavy atom. The molecule has 0 unspecified atom stereocenters. The number of nitrogens with one attached hydrogen (secondary N) is 1. The standard InChI is InChI=1S/C20H22N2O3/c1-2-19(23)22-12-6-9-16-13-17(10-11-18(16)22)21-20(24)25-14-15-7-4-3-5-8-15/h3-5,7-8,10-11,13H,2,6,9,12,14H2,1H3,(H,21,24). The molecule has 130 valence electrons. The maximum Gasteiger partial charge on any atom is 0.411 e. The largest absolute Gasteiger partial charge is 0.444 e. The molecular weight excluding hydrogens is 316 g/mol. The molecule has 3 rings (SSSR count). The van der Waals surface area contributed by atoms with Gasteiger partial charge in [-0.1, -0.05) is 37.3 Å². The molecule has 0 radical (unpaired) electrons. The van der Waals surface area contributed by atoms with Gasteiger partial charge in [-0.15, -0.1) is 0 Å². The quantitative estimate of drug-likeness (QED) is 0.912. The van der Waals surface area contributed by atoms with E-state index in [1.54, 1.807) is 0 Å². The van der Waals surface area contributed by atoms with Crippen molar-refractivity contribution in [3.05, 3.63) is 59.7 Å². The van der Waals surface area contributed by atoms with Crippen LogP contribution < -0.4 is 10.2 Å². The fourth-order valence-electron chi connectivity index (χ4n) is 3.00. The van der Waals surface area contributed by atoms with Crippen molar-refractivity contribution in [1.82, 2.24) is 0 Å². The molecule has 0 fully saturated rings. The van der Waals surface area contributed by atoms with Gasteiger partial charge in [0.05, 0.1) is 0 Å². The number of nitrogens with zero attached hydrogens (tertiary/aromatic N) is 1. The Bertz CT molecular complexity index is 759. The van der Waals surface area contributed by atoms with Crippen molar-refractivity contribution in [3.63, 3.8) is 0 Å². The van der Waals surface area contributed by atoms with Crippen molar-refractivity contribution in [2.24, 2.45) is 0 Å². The Morgan fingerprint density at radius 1 is 1.16 bits per heavy atom. The number of rotatable bonds is 4. The second-order valence-electron chi connectivity index (χ2n) is 6.03. The fourth-order valence-corrected chi connectivity index (χ4v) is 3.00. The second-order valence-corrected chi connectivity index (χ2v) is 6.03. The first-order valence-electron chi connectivity index (χ1n) is 8.58. The first kappa shape index (κ1) is 17.0. The van der Waals surface area contributed by atoms with Gasteiger partial charge in [-0.25, -0.2) is 4.79 Å². The predicted octanol–water partition coefficient (Wildman–Crippen LogP) is 4.12. The van der Waals surface area contributed by atoms with Crippen molar-refractivity contribution in [2.45, 2.75) is 32.8 Å². The van der Waals surface area contributed by atoms with E-state index in [1.165, 1.54) is 0 Å². The van der Waals surface area contributed by atoms with E-state index >= 15 is 0 Å². The van der Waals surface area contributed by atoms with Gasteiger partial charge in [-0.05, 0) is 42.2 Å². The maximum absolute atomic E-state index is 12.0. The Labute approximate surface area is 147 Å². The van der Waals surface area contributed by atoms with Crippen molar-refractivity contribution in [2.75, 3.05) is 16.8 Å². The van der Waals surface area contributed by atoms with Crippen LogP contribution >= 0.6 is 0 Å². The van der Waals surface area contributed by atoms with Crippen LogP contribution in [0.25, 0.3) is 0 Å². The summed E-state index contributed by atoms with van der Waals surface area (Å²) in [5.41, 5.74) is 3.65. The van der Waals surface area contributed by atoms with Gasteiger partial charge < -0.3 is 9.64 Å². The monoisotopic (exact) mass is 338 g/mol. The summed E-state index contributed by atoms with van der Waals surface area (Å²) in [6.07, 6.45) is 1.84. The Morgan fingerprint density at radius 2 is 1.96 bits per heavy atom. The number of hydrogen-bond donors (Lipinski definition) is 1. The highest BCUT2D eigenvalue weighted by Gasteiger charge is 2.21. The van der Waals surface area contributed by atoms with Crippen LogP contribution in [0.1, 0.15) is 30.9 Å². The number of benzene rings is 2. The average Bonchev–Trinajstić information content (AvgIpc) is 2.66. The summed E-state index contributed by atoms with van der Waals surface area (Å²) in [7, 11) is 0. The van der Waals surface area contributed by atoms with Crippen molar-refractivity contribution in [3.8, 4) is 0 Å². The highest BCUT2D eigenvalue weighted by atomic mass is 16.5. The molecule has 1 heterocycles. The van der Waals surface area contributed by atoms with Gasteiger partial charge in [0, 0.05) is 24.3 Å². The number of amides is 2. The van der Waals surface area contributed by atoms with E-state index in [0.29, 0.717) is 12.1 Å². The first-order chi connectivity index (χ1) is 12.2. The summed E-state index contributed by atoms with van der Waals surface area (Å²) >= 11 is 0. The number of fused-ring (bicyclic) bond motifs is 1. The molecule has 0 spiro atoms. The van der Waals surface area contributed by atoms with Crippen LogP contribution in [-0.4, -0.2) is 18.5 Å². The molecule has 0 saturated heterocycles. The number of ether oxygens (including phenoxy) is 1. The number of anilines is 2. The first-order valence-corrected chi connectivity index (χ1v) is 8.58. The van der Waals surface area contributed by atoms with Gasteiger partial charge in [-0.2, -0.15) is 0 Å². The number of carbonyl (C=O) groups excluding carboxylic acids is 2. The summed E-state index contributed by atoms with van der Waals surface area (Å²) in [5.74, 6) is 0.129. The smallest absolute Gasteiger partial charge is 0.411 e. The summed E-state index contributed by atoms with van der Waals surface area (Å²) in [6.45, 7) is 2.86. The van der Waals surface area contributed by atoms with Crippen LogP contribution in [-0.2, 0) is 22.6 Å². The van der Waals surface area contributed by atoms with Crippen molar-refractivity contribution < 1.29 is 14.3 Å². The third kappa shape index (κ3) is 4.18. The minimum Gasteiger partial charge on any atom is -0.444 e. The number of hydrogen-bond acceptors (Lipinski definition) is 3. The van der Waals surface area contributed by atoms with Gasteiger partial charge in [0.15, 0.2) is 0 Å². The zero-order chi connectivity index (χ0) is 17.6. The summed E-state index contributed by atoms with van der Waals surface area (Å²) < 4.78 is 5.24. The highest BCUT2D eigenvalue weighted by Crippen LogP contribution is 2.30. The normalized spacial score (nSPS) is 13.1. The third-order valence-corrected chi connectivity index (χ3v) is 4.26. The van der Waals surface area contributed by atoms with E-state index in [1.807, 2.05) is 60.4 Å². The summed E-state index contributed by atoms with van der Waals surface area (Å²) in [6, 6.07) is 15.2. The van der Waals surface area contributed by atoms with E-state index in [-0.39, 0.29) is 12.5 Å². The molecule has 1 aliphatic rings. The van der Waals surface area contributed by atoms with Crippen LogP contribution in [0, 0.1) is 0 Å². The van der Waals surface area contributed by atoms with E-state index < -0.39 is 6.09 Å². The minimum atomic E-state index is -0.485. The lowest BCUT2D eigenvalue weighted by molar-refractivity contribution is -0.118. The van der Waals surface area contributed by atoms with E-state index in [9.17, 15) is 9.59 Å². The molecule has 0 bridgehead atoms. The van der Waals surface area contributed by atoms with Crippen molar-refractivity contribution in [1.29, 1.82) is 0 Å². The van der Waals surface area contributed by atoms with Gasteiger partial charge >= 0.3 is 6.09 Å². The predicted molar refractivity (Wildman–Crippen MR) is 97.7 cm³/mol. The molecule has 25 heavy (non-hydrogen) atoms. The molecule has 0 atom stereocenters. The SMILES string of the molecule is CCC(=O)N1CCCc2cc(NC(=O)OCc3ccccc3)ccc21. The maximum atomic E-state index is 12.0. The van der Waals surface area contributed by atoms with E-state index in [4.69, 9.17) is 4.74 Å². The van der Waals surface area contributed by atoms with E-state index in [0.717, 1.165) is 36.2 Å². The van der Waals surface area contributed by atoms with E-state index in [2.05, 4.69) is 5.32 Å². The third-order valence-electron chi connectivity index (χ3n) is 4.26. The topological polar surface area (TPSA) is 58.6 Å². The lowest BCUT2D eigenvalue weighted by atomic mass is 10.0. The highest BCUT2D eigenvalue weighted by molar-refractivity contribution is 5.95. The lowest BCUT2D eigenvalue weighted by Crippen LogP contribution is -2.34. The van der Waals surface area contributed by atoms with Gasteiger partial charge in [0.25, 0.3) is 0 Å². The zero-order valence-corrected chi connectivity index (χ0v) is 14.3. The molecule has 5 heteroatoms. The Hall–Kier alpha value is -2.82.